The molecule has 3 aliphatic rings. The van der Waals surface area contributed by atoms with Gasteiger partial charge in [0.2, 0.25) is 0 Å². The molecule has 2 N–H and O–H groups in total. The van der Waals surface area contributed by atoms with Crippen LogP contribution in [0.5, 0.6) is 0 Å². The Hall–Kier alpha value is -0.120. The molecule has 20 heavy (non-hydrogen) atoms. The Balaban J connectivity index is 1.55. The van der Waals surface area contributed by atoms with Gasteiger partial charge in [0.1, 0.15) is 0 Å². The van der Waals surface area contributed by atoms with Gasteiger partial charge in [0.25, 0.3) is 0 Å². The van der Waals surface area contributed by atoms with Crippen LogP contribution in [-0.2, 0) is 0 Å². The predicted octanol–water partition coefficient (Wildman–Crippen LogP) is 2.31. The highest BCUT2D eigenvalue weighted by Gasteiger charge is 2.32. The van der Waals surface area contributed by atoms with Gasteiger partial charge in [-0.05, 0) is 70.0 Å². The van der Waals surface area contributed by atoms with Crippen LogP contribution in [0.1, 0.15) is 51.9 Å². The fourth-order valence-electron chi connectivity index (χ4n) is 4.75. The molecule has 1 aliphatic carbocycles. The molecule has 3 rings (SSSR count). The van der Waals surface area contributed by atoms with E-state index in [1.807, 2.05) is 0 Å². The quantitative estimate of drug-likeness (QED) is 0.860. The number of hydrogen-bond acceptors (Lipinski definition) is 3. The third-order valence-electron chi connectivity index (χ3n) is 6.11. The summed E-state index contributed by atoms with van der Waals surface area (Å²) in [6, 6.07) is 1.31. The van der Waals surface area contributed by atoms with E-state index in [4.69, 9.17) is 5.73 Å². The Bertz CT molecular complexity index is 307. The second-order valence-corrected chi connectivity index (χ2v) is 7.46. The van der Waals surface area contributed by atoms with E-state index in [0.717, 1.165) is 17.9 Å². The molecule has 1 saturated carbocycles. The van der Waals surface area contributed by atoms with Gasteiger partial charge < -0.3 is 10.6 Å². The molecule has 0 amide bonds. The van der Waals surface area contributed by atoms with Crippen molar-refractivity contribution in [3.63, 3.8) is 0 Å². The molecule has 3 nitrogen and oxygen atoms in total. The van der Waals surface area contributed by atoms with Crippen LogP contribution in [0.3, 0.4) is 0 Å². The summed E-state index contributed by atoms with van der Waals surface area (Å²) in [5.41, 5.74) is 6.42. The largest absolute Gasteiger partial charge is 0.327 e. The summed E-state index contributed by atoms with van der Waals surface area (Å²) < 4.78 is 0. The van der Waals surface area contributed by atoms with Crippen molar-refractivity contribution in [2.24, 2.45) is 17.6 Å². The molecule has 0 spiro atoms. The van der Waals surface area contributed by atoms with Crippen molar-refractivity contribution < 1.29 is 0 Å². The van der Waals surface area contributed by atoms with Crippen LogP contribution in [0.4, 0.5) is 0 Å². The average Bonchev–Trinajstić information content (AvgIpc) is 2.80. The number of rotatable bonds is 3. The molecular formula is C17H33N3. The van der Waals surface area contributed by atoms with Gasteiger partial charge in [-0.1, -0.05) is 13.3 Å². The Kier molecular flexibility index (Phi) is 5.00. The zero-order chi connectivity index (χ0) is 13.9. The van der Waals surface area contributed by atoms with E-state index in [9.17, 15) is 0 Å². The number of nitrogens with zero attached hydrogens (tertiary/aromatic N) is 2. The Morgan fingerprint density at radius 2 is 1.90 bits per heavy atom. The molecule has 4 unspecified atom stereocenters. The zero-order valence-electron chi connectivity index (χ0n) is 13.3. The molecule has 3 heteroatoms. The molecule has 0 aromatic rings. The zero-order valence-corrected chi connectivity index (χ0v) is 13.3. The maximum atomic E-state index is 6.42. The molecule has 2 heterocycles. The number of hydrogen-bond donors (Lipinski definition) is 1. The molecule has 0 aromatic carbocycles. The summed E-state index contributed by atoms with van der Waals surface area (Å²) in [4.78, 5) is 5.48. The van der Waals surface area contributed by atoms with Gasteiger partial charge in [0.05, 0.1) is 0 Å². The van der Waals surface area contributed by atoms with Gasteiger partial charge in [-0.3, -0.25) is 4.90 Å². The van der Waals surface area contributed by atoms with Gasteiger partial charge in [-0.25, -0.2) is 0 Å². The summed E-state index contributed by atoms with van der Waals surface area (Å²) >= 11 is 0. The normalized spacial score (nSPS) is 40.5. The van der Waals surface area contributed by atoms with E-state index >= 15 is 0 Å². The minimum atomic E-state index is 0.459. The SMILES string of the molecule is CCC1CCC(N)C(CN2CCCN3CCCC3C2)C1. The Morgan fingerprint density at radius 1 is 1.05 bits per heavy atom. The second kappa shape index (κ2) is 6.76. The highest BCUT2D eigenvalue weighted by Crippen LogP contribution is 2.31. The van der Waals surface area contributed by atoms with E-state index in [0.29, 0.717) is 6.04 Å². The van der Waals surface area contributed by atoms with Crippen molar-refractivity contribution in [2.45, 2.75) is 64.0 Å². The molecule has 3 fully saturated rings. The van der Waals surface area contributed by atoms with Crippen molar-refractivity contribution in [1.82, 2.24) is 9.80 Å². The summed E-state index contributed by atoms with van der Waals surface area (Å²) in [5.74, 6) is 1.69. The first-order valence-electron chi connectivity index (χ1n) is 8.98. The highest BCUT2D eigenvalue weighted by molar-refractivity contribution is 4.88. The molecule has 0 bridgehead atoms. The minimum Gasteiger partial charge on any atom is -0.327 e. The van der Waals surface area contributed by atoms with Crippen LogP contribution >= 0.6 is 0 Å². The van der Waals surface area contributed by atoms with E-state index in [1.54, 1.807) is 0 Å². The fourth-order valence-corrected chi connectivity index (χ4v) is 4.75. The summed E-state index contributed by atoms with van der Waals surface area (Å²) in [7, 11) is 0. The lowest BCUT2D eigenvalue weighted by Gasteiger charge is -2.37. The molecule has 116 valence electrons. The standard InChI is InChI=1S/C17H33N3/c1-2-14-6-7-17(18)15(11-14)12-19-8-4-10-20-9-3-5-16(20)13-19/h14-17H,2-13,18H2,1H3. The van der Waals surface area contributed by atoms with Crippen LogP contribution in [0.15, 0.2) is 0 Å². The van der Waals surface area contributed by atoms with Crippen molar-refractivity contribution in [1.29, 1.82) is 0 Å². The van der Waals surface area contributed by atoms with Crippen LogP contribution < -0.4 is 5.73 Å². The van der Waals surface area contributed by atoms with Crippen molar-refractivity contribution in [3.8, 4) is 0 Å². The summed E-state index contributed by atoms with van der Waals surface area (Å²) in [6.07, 6.45) is 9.54. The lowest BCUT2D eigenvalue weighted by atomic mass is 9.77. The van der Waals surface area contributed by atoms with Gasteiger partial charge in [0, 0.05) is 25.2 Å². The molecule has 2 aliphatic heterocycles. The van der Waals surface area contributed by atoms with E-state index < -0.39 is 0 Å². The summed E-state index contributed by atoms with van der Waals surface area (Å²) in [5, 5.41) is 0. The van der Waals surface area contributed by atoms with Crippen molar-refractivity contribution in [2.75, 3.05) is 32.7 Å². The topological polar surface area (TPSA) is 32.5 Å². The van der Waals surface area contributed by atoms with Crippen LogP contribution in [-0.4, -0.2) is 54.6 Å². The molecular weight excluding hydrogens is 246 g/mol. The van der Waals surface area contributed by atoms with E-state index in [-0.39, 0.29) is 0 Å². The average molecular weight is 279 g/mol. The second-order valence-electron chi connectivity index (χ2n) is 7.46. The van der Waals surface area contributed by atoms with Crippen LogP contribution in [0.25, 0.3) is 0 Å². The first-order chi connectivity index (χ1) is 9.76. The third-order valence-corrected chi connectivity index (χ3v) is 6.11. The van der Waals surface area contributed by atoms with Crippen LogP contribution in [0.2, 0.25) is 0 Å². The van der Waals surface area contributed by atoms with E-state index in [1.165, 1.54) is 77.7 Å². The van der Waals surface area contributed by atoms with Crippen LogP contribution in [0, 0.1) is 11.8 Å². The minimum absolute atomic E-state index is 0.459. The smallest absolute Gasteiger partial charge is 0.0223 e. The maximum absolute atomic E-state index is 6.42. The fraction of sp³-hybridized carbons (Fsp3) is 1.00. The lowest BCUT2D eigenvalue weighted by Crippen LogP contribution is -2.45. The first-order valence-corrected chi connectivity index (χ1v) is 8.98. The number of fused-ring (bicyclic) bond motifs is 1. The molecule has 2 saturated heterocycles. The molecule has 0 aromatic heterocycles. The van der Waals surface area contributed by atoms with Crippen molar-refractivity contribution >= 4 is 0 Å². The third kappa shape index (κ3) is 3.37. The molecule has 4 atom stereocenters. The summed E-state index contributed by atoms with van der Waals surface area (Å²) in [6.45, 7) is 8.89. The van der Waals surface area contributed by atoms with Gasteiger partial charge in [0.15, 0.2) is 0 Å². The predicted molar refractivity (Wildman–Crippen MR) is 84.7 cm³/mol. The first kappa shape index (κ1) is 14.8. The monoisotopic (exact) mass is 279 g/mol. The van der Waals surface area contributed by atoms with E-state index in [2.05, 4.69) is 16.7 Å². The highest BCUT2D eigenvalue weighted by atomic mass is 15.3. The molecule has 0 radical (unpaired) electrons. The Labute approximate surface area is 124 Å². The Morgan fingerprint density at radius 3 is 2.75 bits per heavy atom. The van der Waals surface area contributed by atoms with Gasteiger partial charge in [-0.15, -0.1) is 0 Å². The van der Waals surface area contributed by atoms with Gasteiger partial charge in [-0.2, -0.15) is 0 Å². The number of nitrogens with two attached hydrogens (primary N) is 1. The maximum Gasteiger partial charge on any atom is 0.0223 e. The van der Waals surface area contributed by atoms with Crippen molar-refractivity contribution in [3.05, 3.63) is 0 Å². The lowest BCUT2D eigenvalue weighted by molar-refractivity contribution is 0.145. The van der Waals surface area contributed by atoms with Gasteiger partial charge >= 0.3 is 0 Å².